The first-order valence-electron chi connectivity index (χ1n) is 15.0. The number of methoxy groups -OCH3 is 1. The Morgan fingerprint density at radius 1 is 1.12 bits per heavy atom. The molecular formula is C34H34FN5O3. The number of nitrogens with one attached hydrogen (secondary N) is 1. The summed E-state index contributed by atoms with van der Waals surface area (Å²) in [6.45, 7) is 5.17. The predicted octanol–water partition coefficient (Wildman–Crippen LogP) is 5.80. The highest BCUT2D eigenvalue weighted by molar-refractivity contribution is 5.97. The maximum absolute atomic E-state index is 13.8. The van der Waals surface area contributed by atoms with Crippen LogP contribution < -0.4 is 15.0 Å². The summed E-state index contributed by atoms with van der Waals surface area (Å²) in [4.78, 5) is 22.1. The van der Waals surface area contributed by atoms with Gasteiger partial charge in [-0.15, -0.1) is 0 Å². The summed E-state index contributed by atoms with van der Waals surface area (Å²) in [6, 6.07) is 17.8. The molecular weight excluding hydrogens is 545 g/mol. The van der Waals surface area contributed by atoms with E-state index >= 15 is 0 Å². The van der Waals surface area contributed by atoms with E-state index in [4.69, 9.17) is 9.15 Å². The van der Waals surface area contributed by atoms with E-state index in [1.807, 2.05) is 41.3 Å². The van der Waals surface area contributed by atoms with Crippen LogP contribution in [-0.2, 0) is 0 Å². The number of pyridine rings is 1. The number of anilines is 1. The Morgan fingerprint density at radius 3 is 2.72 bits per heavy atom. The van der Waals surface area contributed by atoms with Gasteiger partial charge in [-0.25, -0.2) is 4.39 Å². The summed E-state index contributed by atoms with van der Waals surface area (Å²) in [5.41, 5.74) is 5.34. The fourth-order valence-corrected chi connectivity index (χ4v) is 7.05. The molecule has 0 radical (unpaired) electrons. The average Bonchev–Trinajstić information content (AvgIpc) is 3.67. The van der Waals surface area contributed by atoms with Crippen molar-refractivity contribution in [3.05, 3.63) is 65.9 Å². The zero-order valence-corrected chi connectivity index (χ0v) is 24.3. The van der Waals surface area contributed by atoms with Crippen LogP contribution in [-0.4, -0.2) is 67.3 Å². The van der Waals surface area contributed by atoms with Crippen molar-refractivity contribution in [2.24, 2.45) is 5.92 Å². The molecule has 4 aliphatic heterocycles. The Labute approximate surface area is 250 Å². The van der Waals surface area contributed by atoms with Gasteiger partial charge in [0.05, 0.1) is 23.9 Å². The zero-order chi connectivity index (χ0) is 29.7. The number of benzene rings is 2. The second kappa shape index (κ2) is 11.0. The lowest BCUT2D eigenvalue weighted by atomic mass is 9.80. The summed E-state index contributed by atoms with van der Waals surface area (Å²) in [7, 11) is 1.58. The molecule has 0 aliphatic carbocycles. The van der Waals surface area contributed by atoms with Gasteiger partial charge in [0.1, 0.15) is 29.3 Å². The topological polar surface area (TPSA) is 94.6 Å². The molecule has 8 nitrogen and oxygen atoms in total. The maximum Gasteiger partial charge on any atom is 0.251 e. The van der Waals surface area contributed by atoms with Gasteiger partial charge >= 0.3 is 0 Å². The highest BCUT2D eigenvalue weighted by Crippen LogP contribution is 2.39. The monoisotopic (exact) mass is 579 g/mol. The molecule has 1 N–H and O–H groups in total. The van der Waals surface area contributed by atoms with Crippen LogP contribution in [0.25, 0.3) is 33.6 Å². The summed E-state index contributed by atoms with van der Waals surface area (Å²) >= 11 is 0. The quantitative estimate of drug-likeness (QED) is 0.308. The van der Waals surface area contributed by atoms with E-state index in [2.05, 4.69) is 28.2 Å². The van der Waals surface area contributed by atoms with Crippen molar-refractivity contribution in [2.45, 2.75) is 44.4 Å². The number of rotatable bonds is 6. The average molecular weight is 580 g/mol. The van der Waals surface area contributed by atoms with Gasteiger partial charge in [-0.3, -0.25) is 14.7 Å². The molecule has 220 valence electrons. The van der Waals surface area contributed by atoms with E-state index in [1.165, 1.54) is 0 Å². The second-order valence-electron chi connectivity index (χ2n) is 12.0. The molecule has 6 heterocycles. The van der Waals surface area contributed by atoms with Gasteiger partial charge < -0.3 is 19.4 Å². The first kappa shape index (κ1) is 27.4. The van der Waals surface area contributed by atoms with Crippen molar-refractivity contribution in [1.82, 2.24) is 15.2 Å². The lowest BCUT2D eigenvalue weighted by Gasteiger charge is -2.48. The first-order valence-corrected chi connectivity index (χ1v) is 15.0. The maximum atomic E-state index is 13.8. The number of aromatic nitrogens is 1. The number of amides is 1. The molecule has 4 aliphatic rings. The number of fused-ring (bicyclic) bond motifs is 4. The van der Waals surface area contributed by atoms with Crippen molar-refractivity contribution in [2.75, 3.05) is 38.2 Å². The smallest absolute Gasteiger partial charge is 0.251 e. The van der Waals surface area contributed by atoms with Gasteiger partial charge in [-0.05, 0) is 80.6 Å². The number of nitrogens with zero attached hydrogens (tertiary/aromatic N) is 4. The van der Waals surface area contributed by atoms with E-state index in [-0.39, 0.29) is 11.9 Å². The van der Waals surface area contributed by atoms with Gasteiger partial charge in [-0.2, -0.15) is 5.26 Å². The van der Waals surface area contributed by atoms with E-state index in [9.17, 15) is 14.4 Å². The molecule has 8 rings (SSSR count). The minimum Gasteiger partial charge on any atom is -0.496 e. The Kier molecular flexibility index (Phi) is 7.02. The molecule has 9 heteroatoms. The molecule has 0 saturated carbocycles. The molecule has 43 heavy (non-hydrogen) atoms. The van der Waals surface area contributed by atoms with Gasteiger partial charge in [0.15, 0.2) is 5.58 Å². The highest BCUT2D eigenvalue weighted by atomic mass is 19.1. The van der Waals surface area contributed by atoms with Gasteiger partial charge in [0, 0.05) is 55.1 Å². The van der Waals surface area contributed by atoms with Crippen molar-refractivity contribution in [3.63, 3.8) is 0 Å². The highest BCUT2D eigenvalue weighted by Gasteiger charge is 2.39. The number of carbonyl (C=O) groups excluding carboxylic acids is 1. The van der Waals surface area contributed by atoms with Gasteiger partial charge in [0.2, 0.25) is 0 Å². The van der Waals surface area contributed by atoms with Crippen LogP contribution in [0, 0.1) is 17.2 Å². The van der Waals surface area contributed by atoms with Crippen LogP contribution in [0.1, 0.15) is 42.1 Å². The van der Waals surface area contributed by atoms with Crippen LogP contribution in [0.15, 0.2) is 59.1 Å². The molecule has 2 aromatic carbocycles. The molecule has 5 atom stereocenters. The number of furan rings is 1. The third-order valence-corrected chi connectivity index (χ3v) is 9.41. The van der Waals surface area contributed by atoms with E-state index in [0.717, 1.165) is 42.7 Å². The third-order valence-electron chi connectivity index (χ3n) is 9.41. The van der Waals surface area contributed by atoms with Crippen molar-refractivity contribution >= 4 is 22.7 Å². The zero-order valence-electron chi connectivity index (χ0n) is 24.3. The molecule has 2 bridgehead atoms. The minimum absolute atomic E-state index is 0.0995. The van der Waals surface area contributed by atoms with Crippen LogP contribution in [0.5, 0.6) is 5.75 Å². The number of ether oxygens (including phenoxy) is 1. The fourth-order valence-electron chi connectivity index (χ4n) is 7.05. The normalized spacial score (nSPS) is 24.7. The van der Waals surface area contributed by atoms with Gasteiger partial charge in [0.25, 0.3) is 5.91 Å². The van der Waals surface area contributed by atoms with Crippen LogP contribution in [0.3, 0.4) is 0 Å². The SMILES string of the molecule is COc1cc(C(=O)NC2CN3CCC2CC3C)ccc1-c1cc2nccc(-c3ccc(N4CC[C@@H](F)C4)c(C#N)c3)c2o1. The number of carbonyl (C=O) groups is 1. The Balaban J connectivity index is 1.16. The largest absolute Gasteiger partial charge is 0.496 e. The molecule has 4 fully saturated rings. The molecule has 1 amide bonds. The lowest BCUT2D eigenvalue weighted by Crippen LogP contribution is -2.60. The Bertz CT molecular complexity index is 1750. The van der Waals surface area contributed by atoms with E-state index < -0.39 is 6.17 Å². The Morgan fingerprint density at radius 2 is 2.00 bits per heavy atom. The van der Waals surface area contributed by atoms with Crippen LogP contribution >= 0.6 is 0 Å². The van der Waals surface area contributed by atoms with E-state index in [0.29, 0.717) is 70.8 Å². The number of alkyl halides is 1. The first-order chi connectivity index (χ1) is 20.9. The molecule has 4 aromatic rings. The number of nitriles is 1. The predicted molar refractivity (Wildman–Crippen MR) is 163 cm³/mol. The summed E-state index contributed by atoms with van der Waals surface area (Å²) < 4.78 is 25.9. The second-order valence-corrected chi connectivity index (χ2v) is 12.0. The van der Waals surface area contributed by atoms with Crippen LogP contribution in [0.2, 0.25) is 0 Å². The van der Waals surface area contributed by atoms with Crippen molar-refractivity contribution < 1.29 is 18.3 Å². The summed E-state index contributed by atoms with van der Waals surface area (Å²) in [5, 5.41) is 13.1. The summed E-state index contributed by atoms with van der Waals surface area (Å²) in [5.74, 6) is 1.51. The number of halogens is 1. The number of hydrogen-bond acceptors (Lipinski definition) is 7. The Hall–Kier alpha value is -4.42. The number of piperidine rings is 3. The number of hydrogen-bond donors (Lipinski definition) is 1. The molecule has 2 aromatic heterocycles. The summed E-state index contributed by atoms with van der Waals surface area (Å²) in [6.07, 6.45) is 3.56. The molecule has 4 unspecified atom stereocenters. The lowest BCUT2D eigenvalue weighted by molar-refractivity contribution is 0.0274. The van der Waals surface area contributed by atoms with E-state index in [1.54, 1.807) is 25.4 Å². The third kappa shape index (κ3) is 5.00. The standard InChI is InChI=1S/C34H34FN5O3/c1-20-13-22-8-11-39(20)19-29(22)38-34(41)23-3-5-27(31(15-23)42-2)32-16-28-33(43-32)26(7-10-37-28)21-4-6-30(24(14-21)17-36)40-12-9-25(35)18-40/h3-7,10,14-16,20,22,25,29H,8-9,11-13,18-19H2,1-2H3,(H,38,41)/t20?,22?,25-,29?/m1/s1. The molecule has 4 saturated heterocycles. The molecule has 0 spiro atoms. The minimum atomic E-state index is -0.873. The fraction of sp³-hybridized carbons (Fsp3) is 0.382. The van der Waals surface area contributed by atoms with Crippen molar-refractivity contribution in [3.8, 4) is 34.3 Å². The van der Waals surface area contributed by atoms with Gasteiger partial charge in [-0.1, -0.05) is 6.07 Å². The van der Waals surface area contributed by atoms with Crippen molar-refractivity contribution in [1.29, 1.82) is 5.26 Å². The van der Waals surface area contributed by atoms with Crippen LogP contribution in [0.4, 0.5) is 10.1 Å².